The summed E-state index contributed by atoms with van der Waals surface area (Å²) in [5.41, 5.74) is 4.53. The van der Waals surface area contributed by atoms with E-state index in [0.717, 1.165) is 35.1 Å². The van der Waals surface area contributed by atoms with E-state index in [-0.39, 0.29) is 54.7 Å². The van der Waals surface area contributed by atoms with Gasteiger partial charge in [0.1, 0.15) is 17.1 Å². The number of amides is 1. The Kier molecular flexibility index (Phi) is 8.31. The van der Waals surface area contributed by atoms with E-state index in [0.29, 0.717) is 72.3 Å². The summed E-state index contributed by atoms with van der Waals surface area (Å²) in [7, 11) is 0. The van der Waals surface area contributed by atoms with Gasteiger partial charge in [-0.25, -0.2) is 4.79 Å². The smallest absolute Gasteiger partial charge is 1.00 e. The molecule has 1 saturated heterocycles. The molecule has 9 nitrogen and oxygen atoms in total. The van der Waals surface area contributed by atoms with Gasteiger partial charge in [-0.15, -0.1) is 0 Å². The minimum absolute atomic E-state index is 0. The molecule has 0 bridgehead atoms. The van der Waals surface area contributed by atoms with Crippen LogP contribution in [0.3, 0.4) is 0 Å². The van der Waals surface area contributed by atoms with Gasteiger partial charge in [-0.2, -0.15) is 0 Å². The van der Waals surface area contributed by atoms with Crippen molar-refractivity contribution in [2.24, 2.45) is 0 Å². The number of nitrogens with zero attached hydrogens (tertiary/aromatic N) is 3. The van der Waals surface area contributed by atoms with E-state index in [9.17, 15) is 19.5 Å². The third-order valence-electron chi connectivity index (χ3n) is 9.28. The normalized spacial score (nSPS) is 17.0. The minimum atomic E-state index is -1.04. The van der Waals surface area contributed by atoms with Crippen LogP contribution in [0.5, 0.6) is 11.5 Å². The van der Waals surface area contributed by atoms with E-state index < -0.39 is 11.6 Å². The number of fused-ring (bicyclic) bond motifs is 2. The molecule has 1 spiro atoms. The molecule has 2 aliphatic heterocycles. The number of ketones is 1. The van der Waals surface area contributed by atoms with Crippen LogP contribution >= 0.6 is 0 Å². The monoisotopic (exact) mass is 617 g/mol. The summed E-state index contributed by atoms with van der Waals surface area (Å²) in [6, 6.07) is 11.3. The third-order valence-corrected chi connectivity index (χ3v) is 9.28. The number of aromatic nitrogens is 2. The molecule has 1 saturated carbocycles. The summed E-state index contributed by atoms with van der Waals surface area (Å²) in [6.45, 7) is 7.19. The Morgan fingerprint density at radius 1 is 1.11 bits per heavy atom. The van der Waals surface area contributed by atoms with Crippen molar-refractivity contribution >= 4 is 28.6 Å². The van der Waals surface area contributed by atoms with E-state index in [1.807, 2.05) is 30.0 Å². The number of likely N-dealkylation sites (tertiary alicyclic amines) is 1. The number of piperidine rings is 1. The molecule has 2 aromatic carbocycles. The molecule has 0 radical (unpaired) electrons. The summed E-state index contributed by atoms with van der Waals surface area (Å²) < 4.78 is 14.8. The second-order valence-corrected chi connectivity index (χ2v) is 12.3. The van der Waals surface area contributed by atoms with E-state index in [4.69, 9.17) is 9.47 Å². The first-order chi connectivity index (χ1) is 21.2. The van der Waals surface area contributed by atoms with Crippen LogP contribution in [0.4, 0.5) is 0 Å². The van der Waals surface area contributed by atoms with Gasteiger partial charge < -0.3 is 25.5 Å². The topological polar surface area (TPSA) is 111 Å². The van der Waals surface area contributed by atoms with Gasteiger partial charge in [0.2, 0.25) is 0 Å². The van der Waals surface area contributed by atoms with Crippen molar-refractivity contribution < 1.29 is 59.9 Å². The maximum absolute atomic E-state index is 13.8. The van der Waals surface area contributed by atoms with E-state index in [1.165, 1.54) is 0 Å². The zero-order chi connectivity index (χ0) is 30.7. The van der Waals surface area contributed by atoms with Crippen molar-refractivity contribution in [2.75, 3.05) is 19.7 Å². The molecule has 1 aliphatic carbocycles. The maximum atomic E-state index is 13.8. The molecule has 228 valence electrons. The van der Waals surface area contributed by atoms with Gasteiger partial charge in [0.25, 0.3) is 5.91 Å². The fraction of sp³-hybridized carbons (Fsp3) is 0.371. The van der Waals surface area contributed by atoms with Crippen LogP contribution in [-0.4, -0.2) is 62.5 Å². The largest absolute Gasteiger partial charge is 1.00 e. The number of hydrogen-bond acceptors (Lipinski definition) is 6. The Morgan fingerprint density at radius 2 is 1.87 bits per heavy atom. The molecule has 45 heavy (non-hydrogen) atoms. The average Bonchev–Trinajstić information content (AvgIpc) is 3.80. The van der Waals surface area contributed by atoms with Crippen LogP contribution in [-0.2, 0) is 0 Å². The number of aryl methyl sites for hydroxylation is 2. The molecule has 0 atom stereocenters. The van der Waals surface area contributed by atoms with Crippen LogP contribution in [0.1, 0.15) is 88.8 Å². The van der Waals surface area contributed by atoms with E-state index in [1.54, 1.807) is 31.3 Å². The van der Waals surface area contributed by atoms with Crippen LogP contribution in [0.15, 0.2) is 48.8 Å². The van der Waals surface area contributed by atoms with Gasteiger partial charge in [0, 0.05) is 60.9 Å². The molecule has 4 heterocycles. The number of pyridine rings is 1. The average molecular weight is 618 g/mol. The molecule has 7 rings (SSSR count). The number of carbonyl (C=O) groups is 3. The van der Waals surface area contributed by atoms with Crippen molar-refractivity contribution in [1.29, 1.82) is 0 Å². The number of carboxylic acid groups (broad SMARTS) is 1. The van der Waals surface area contributed by atoms with E-state index in [2.05, 4.69) is 22.7 Å². The Labute approximate surface area is 285 Å². The molecule has 1 amide bonds. The predicted octanol–water partition coefficient (Wildman–Crippen LogP) is 3.51. The third kappa shape index (κ3) is 5.66. The van der Waals surface area contributed by atoms with E-state index >= 15 is 0 Å². The fourth-order valence-corrected chi connectivity index (χ4v) is 6.75. The fourth-order valence-electron chi connectivity index (χ4n) is 6.75. The molecule has 2 aromatic heterocycles. The van der Waals surface area contributed by atoms with Crippen LogP contribution < -0.4 is 39.0 Å². The van der Waals surface area contributed by atoms with Gasteiger partial charge in [0.15, 0.2) is 5.78 Å². The van der Waals surface area contributed by atoms with Crippen molar-refractivity contribution in [2.45, 2.75) is 64.5 Å². The number of carboxylic acids is 1. The Balaban J connectivity index is 0.00000208. The first kappa shape index (κ1) is 31.3. The Morgan fingerprint density at radius 3 is 2.56 bits per heavy atom. The van der Waals surface area contributed by atoms with Gasteiger partial charge in [-0.1, -0.05) is 6.07 Å². The molecule has 2 fully saturated rings. The minimum Gasteiger partial charge on any atom is -1.00 e. The predicted molar refractivity (Wildman–Crippen MR) is 166 cm³/mol. The van der Waals surface area contributed by atoms with Crippen LogP contribution in [0, 0.1) is 13.8 Å². The summed E-state index contributed by atoms with van der Waals surface area (Å²) in [5.74, 6) is 0.167. The number of rotatable bonds is 6. The van der Waals surface area contributed by atoms with Crippen molar-refractivity contribution in [3.8, 4) is 22.6 Å². The molecular formula is C35H36N3NaO6. The zero-order valence-corrected chi connectivity index (χ0v) is 28.2. The summed E-state index contributed by atoms with van der Waals surface area (Å²) >= 11 is 0. The Hall–Kier alpha value is -3.66. The van der Waals surface area contributed by atoms with Gasteiger partial charge in [-0.05, 0) is 75.1 Å². The number of carbonyl (C=O) groups excluding carboxylic acids is 2. The molecule has 4 aromatic rings. The number of hydrogen-bond donors (Lipinski definition) is 1. The van der Waals surface area contributed by atoms with Crippen molar-refractivity contribution in [1.82, 2.24) is 14.5 Å². The number of ether oxygens (including phenoxy) is 2. The summed E-state index contributed by atoms with van der Waals surface area (Å²) in [5, 5.41) is 10.6. The van der Waals surface area contributed by atoms with Gasteiger partial charge in [-0.3, -0.25) is 14.6 Å². The molecule has 10 heteroatoms. The van der Waals surface area contributed by atoms with Gasteiger partial charge >= 0.3 is 35.5 Å². The molecule has 3 aliphatic rings. The quantitative estimate of drug-likeness (QED) is 0.330. The van der Waals surface area contributed by atoms with Crippen molar-refractivity contribution in [3.05, 3.63) is 76.7 Å². The van der Waals surface area contributed by atoms with Crippen molar-refractivity contribution in [3.63, 3.8) is 0 Å². The van der Waals surface area contributed by atoms with Gasteiger partial charge in [0.05, 0.1) is 35.4 Å². The summed E-state index contributed by atoms with van der Waals surface area (Å²) in [4.78, 5) is 44.9. The zero-order valence-electron chi connectivity index (χ0n) is 27.2. The molecule has 1 N–H and O–H groups in total. The number of aromatic carboxylic acids is 1. The number of Topliss-reactive ketones (excluding diaryl/α,β-unsaturated/α-hetero) is 1. The first-order valence-electron chi connectivity index (χ1n) is 15.3. The van der Waals surface area contributed by atoms with Crippen LogP contribution in [0.25, 0.3) is 22.0 Å². The maximum Gasteiger partial charge on any atom is 1.00 e. The Bertz CT molecular complexity index is 1860. The number of benzene rings is 2. The second kappa shape index (κ2) is 11.9. The summed E-state index contributed by atoms with van der Waals surface area (Å²) in [6.07, 6.45) is 7.42. The SMILES string of the molecule is CCOc1cc(C(=O)N2CCC3(CC2)CC(=O)c2cc(-c4cnc(C)c(C(=O)O)c4)ccc2O3)cc2c1c(C)cn2C1CC1.[H-].[Na+]. The van der Waals surface area contributed by atoms with Crippen LogP contribution in [0.2, 0.25) is 0 Å². The second-order valence-electron chi connectivity index (χ2n) is 12.3. The first-order valence-corrected chi connectivity index (χ1v) is 15.3. The molecular weight excluding hydrogens is 581 g/mol. The molecule has 0 unspecified atom stereocenters. The standard InChI is InChI=1S/C35H35N3O6.Na.H/c1-4-43-31-16-23(15-28-32(31)20(2)19-38(28)25-6-7-25)33(40)37-11-9-35(10-12-37)17-29(39)27-13-22(5-8-30(27)44-35)24-14-26(34(41)42)21(3)36-18-24;;/h5,8,13-16,18-19,25H,4,6-7,9-12,17H2,1-3H3,(H,41,42);;/q;+1;-1.